The second kappa shape index (κ2) is 6.84. The van der Waals surface area contributed by atoms with Crippen molar-refractivity contribution in [2.24, 2.45) is 5.10 Å². The van der Waals surface area contributed by atoms with Crippen molar-refractivity contribution >= 4 is 35.0 Å². The molecule has 2 aromatic rings. The van der Waals surface area contributed by atoms with Gasteiger partial charge in [-0.25, -0.2) is 4.79 Å². The summed E-state index contributed by atoms with van der Waals surface area (Å²) in [4.78, 5) is 25.7. The molecule has 0 bridgehead atoms. The standard InChI is InChI=1S/C20H19N3O3/c1-13-18(12-14-4-8-16(9-5-14)22(2)3)19(24)23(21-13)17-10-6-15(7-11-17)20(25)26/h4-12H,1-3H3,(H,25,26). The molecule has 0 aromatic heterocycles. The van der Waals surface area contributed by atoms with Crippen molar-refractivity contribution in [2.75, 3.05) is 24.0 Å². The van der Waals surface area contributed by atoms with Crippen molar-refractivity contribution in [3.05, 3.63) is 65.2 Å². The zero-order valence-corrected chi connectivity index (χ0v) is 14.8. The number of anilines is 2. The van der Waals surface area contributed by atoms with Crippen molar-refractivity contribution in [2.45, 2.75) is 6.92 Å². The Kier molecular flexibility index (Phi) is 4.58. The lowest BCUT2D eigenvalue weighted by molar-refractivity contribution is -0.114. The molecule has 1 aliphatic rings. The van der Waals surface area contributed by atoms with E-state index < -0.39 is 5.97 Å². The van der Waals surface area contributed by atoms with E-state index in [9.17, 15) is 9.59 Å². The summed E-state index contributed by atoms with van der Waals surface area (Å²) in [6.45, 7) is 1.78. The number of aromatic carboxylic acids is 1. The number of amides is 1. The molecule has 1 N–H and O–H groups in total. The first-order valence-corrected chi connectivity index (χ1v) is 8.09. The molecular weight excluding hydrogens is 330 g/mol. The number of hydrogen-bond acceptors (Lipinski definition) is 4. The minimum Gasteiger partial charge on any atom is -0.478 e. The van der Waals surface area contributed by atoms with E-state index in [1.165, 1.54) is 17.1 Å². The molecule has 6 nitrogen and oxygen atoms in total. The maximum atomic E-state index is 12.7. The van der Waals surface area contributed by atoms with Crippen molar-refractivity contribution in [3.8, 4) is 0 Å². The van der Waals surface area contributed by atoms with Gasteiger partial charge in [-0.3, -0.25) is 4.79 Å². The summed E-state index contributed by atoms with van der Waals surface area (Å²) in [6.07, 6.45) is 1.81. The van der Waals surface area contributed by atoms with E-state index in [-0.39, 0.29) is 11.5 Å². The van der Waals surface area contributed by atoms with Gasteiger partial charge in [-0.15, -0.1) is 0 Å². The molecule has 0 spiro atoms. The Hall–Kier alpha value is -3.41. The van der Waals surface area contributed by atoms with Crippen LogP contribution in [0.1, 0.15) is 22.8 Å². The molecule has 1 amide bonds. The largest absolute Gasteiger partial charge is 0.478 e. The van der Waals surface area contributed by atoms with E-state index in [1.807, 2.05) is 49.3 Å². The molecule has 132 valence electrons. The zero-order valence-electron chi connectivity index (χ0n) is 14.8. The third-order valence-corrected chi connectivity index (χ3v) is 4.14. The minimum absolute atomic E-state index is 0.165. The SMILES string of the molecule is CC1=NN(c2ccc(C(=O)O)cc2)C(=O)C1=Cc1ccc(N(C)C)cc1. The first-order chi connectivity index (χ1) is 12.4. The van der Waals surface area contributed by atoms with Crippen LogP contribution in [0.25, 0.3) is 6.08 Å². The molecule has 26 heavy (non-hydrogen) atoms. The van der Waals surface area contributed by atoms with Gasteiger partial charge >= 0.3 is 5.97 Å². The second-order valence-electron chi connectivity index (χ2n) is 6.20. The van der Waals surface area contributed by atoms with Crippen LogP contribution in [-0.4, -0.2) is 36.8 Å². The predicted molar refractivity (Wildman–Crippen MR) is 103 cm³/mol. The Labute approximate surface area is 151 Å². The summed E-state index contributed by atoms with van der Waals surface area (Å²) in [5.74, 6) is -1.24. The molecule has 6 heteroatoms. The smallest absolute Gasteiger partial charge is 0.335 e. The van der Waals surface area contributed by atoms with Crippen LogP contribution in [0.4, 0.5) is 11.4 Å². The maximum absolute atomic E-state index is 12.7. The van der Waals surface area contributed by atoms with Gasteiger partial charge in [-0.2, -0.15) is 10.1 Å². The number of carbonyl (C=O) groups excluding carboxylic acids is 1. The van der Waals surface area contributed by atoms with Gasteiger partial charge in [-0.05, 0) is 55.0 Å². The summed E-state index contributed by atoms with van der Waals surface area (Å²) in [5.41, 5.74) is 3.83. The molecule has 0 fully saturated rings. The van der Waals surface area contributed by atoms with E-state index >= 15 is 0 Å². The van der Waals surface area contributed by atoms with Crippen LogP contribution in [0.2, 0.25) is 0 Å². The zero-order chi connectivity index (χ0) is 18.8. The third kappa shape index (κ3) is 3.35. The molecule has 0 saturated carbocycles. The molecule has 1 heterocycles. The lowest BCUT2D eigenvalue weighted by Gasteiger charge is -2.12. The Balaban J connectivity index is 1.86. The Morgan fingerprint density at radius 3 is 2.23 bits per heavy atom. The molecule has 1 aliphatic heterocycles. The summed E-state index contributed by atoms with van der Waals surface area (Å²) < 4.78 is 0. The van der Waals surface area contributed by atoms with E-state index in [0.29, 0.717) is 17.0 Å². The fraction of sp³-hybridized carbons (Fsp3) is 0.150. The quantitative estimate of drug-likeness (QED) is 0.860. The van der Waals surface area contributed by atoms with Crippen molar-refractivity contribution in [1.82, 2.24) is 0 Å². The van der Waals surface area contributed by atoms with Gasteiger partial charge in [-0.1, -0.05) is 12.1 Å². The summed E-state index contributed by atoms with van der Waals surface area (Å²) >= 11 is 0. The predicted octanol–water partition coefficient (Wildman–Crippen LogP) is 3.26. The van der Waals surface area contributed by atoms with Gasteiger partial charge in [0.2, 0.25) is 0 Å². The van der Waals surface area contributed by atoms with Gasteiger partial charge in [0.15, 0.2) is 0 Å². The normalized spacial score (nSPS) is 15.3. The monoisotopic (exact) mass is 349 g/mol. The Bertz CT molecular complexity index is 910. The average molecular weight is 349 g/mol. The molecule has 0 saturated heterocycles. The molecule has 0 radical (unpaired) electrons. The van der Waals surface area contributed by atoms with Crippen molar-refractivity contribution < 1.29 is 14.7 Å². The summed E-state index contributed by atoms with van der Waals surface area (Å²) in [7, 11) is 3.94. The first-order valence-electron chi connectivity index (χ1n) is 8.09. The number of rotatable bonds is 4. The fourth-order valence-corrected chi connectivity index (χ4v) is 2.64. The van der Waals surface area contributed by atoms with Crippen LogP contribution in [0, 0.1) is 0 Å². The highest BCUT2D eigenvalue weighted by atomic mass is 16.4. The molecule has 0 unspecified atom stereocenters. The lowest BCUT2D eigenvalue weighted by atomic mass is 10.1. The highest BCUT2D eigenvalue weighted by Crippen LogP contribution is 2.25. The number of nitrogens with zero attached hydrogens (tertiary/aromatic N) is 3. The molecule has 0 atom stereocenters. The number of carboxylic acids is 1. The van der Waals surface area contributed by atoms with E-state index in [2.05, 4.69) is 5.10 Å². The third-order valence-electron chi connectivity index (χ3n) is 4.14. The number of benzene rings is 2. The highest BCUT2D eigenvalue weighted by Gasteiger charge is 2.28. The van der Waals surface area contributed by atoms with Gasteiger partial charge in [0, 0.05) is 19.8 Å². The van der Waals surface area contributed by atoms with Crippen LogP contribution in [0.5, 0.6) is 0 Å². The molecule has 0 aliphatic carbocycles. The fourth-order valence-electron chi connectivity index (χ4n) is 2.64. The molecular formula is C20H19N3O3. The number of hydrogen-bond donors (Lipinski definition) is 1. The van der Waals surface area contributed by atoms with Crippen molar-refractivity contribution in [1.29, 1.82) is 0 Å². The number of hydrazone groups is 1. The van der Waals surface area contributed by atoms with Crippen LogP contribution in [-0.2, 0) is 4.79 Å². The Morgan fingerprint density at radius 1 is 1.08 bits per heavy atom. The van der Waals surface area contributed by atoms with Crippen LogP contribution < -0.4 is 9.91 Å². The molecule has 2 aromatic carbocycles. The van der Waals surface area contributed by atoms with Gasteiger partial charge in [0.25, 0.3) is 5.91 Å². The van der Waals surface area contributed by atoms with Crippen molar-refractivity contribution in [3.63, 3.8) is 0 Å². The van der Waals surface area contributed by atoms with Crippen LogP contribution in [0.3, 0.4) is 0 Å². The number of carboxylic acid groups (broad SMARTS) is 1. The van der Waals surface area contributed by atoms with Crippen LogP contribution in [0.15, 0.2) is 59.2 Å². The van der Waals surface area contributed by atoms with E-state index in [0.717, 1.165) is 11.3 Å². The van der Waals surface area contributed by atoms with E-state index in [4.69, 9.17) is 5.11 Å². The minimum atomic E-state index is -1.01. The average Bonchev–Trinajstić information content (AvgIpc) is 2.90. The topological polar surface area (TPSA) is 73.2 Å². The van der Waals surface area contributed by atoms with E-state index in [1.54, 1.807) is 19.1 Å². The summed E-state index contributed by atoms with van der Waals surface area (Å²) in [6, 6.07) is 13.9. The van der Waals surface area contributed by atoms with Gasteiger partial charge in [0.1, 0.15) is 0 Å². The van der Waals surface area contributed by atoms with Gasteiger partial charge < -0.3 is 10.0 Å². The van der Waals surface area contributed by atoms with Gasteiger partial charge in [0.05, 0.1) is 22.5 Å². The highest BCUT2D eigenvalue weighted by molar-refractivity contribution is 6.32. The van der Waals surface area contributed by atoms with Crippen LogP contribution >= 0.6 is 0 Å². The number of carbonyl (C=O) groups is 2. The Morgan fingerprint density at radius 2 is 1.69 bits per heavy atom. The maximum Gasteiger partial charge on any atom is 0.335 e. The molecule has 3 rings (SSSR count). The first kappa shape index (κ1) is 17.4. The summed E-state index contributed by atoms with van der Waals surface area (Å²) in [5, 5.41) is 14.6. The lowest BCUT2D eigenvalue weighted by Crippen LogP contribution is -2.21. The second-order valence-corrected chi connectivity index (χ2v) is 6.20.